The van der Waals surface area contributed by atoms with Gasteiger partial charge in [0.25, 0.3) is 11.8 Å². The molecule has 1 N–H and O–H groups in total. The van der Waals surface area contributed by atoms with E-state index in [2.05, 4.69) is 10.3 Å². The van der Waals surface area contributed by atoms with Crippen LogP contribution in [0.2, 0.25) is 0 Å². The maximum Gasteiger partial charge on any atom is 0.270 e. The second kappa shape index (κ2) is 11.1. The van der Waals surface area contributed by atoms with Crippen LogP contribution < -0.4 is 19.7 Å². The van der Waals surface area contributed by atoms with E-state index < -0.39 is 5.82 Å². The van der Waals surface area contributed by atoms with Gasteiger partial charge in [-0.25, -0.2) is 9.37 Å². The zero-order valence-corrected chi connectivity index (χ0v) is 19.9. The highest BCUT2D eigenvalue weighted by Crippen LogP contribution is 2.34. The normalized spacial score (nSPS) is 12.6. The number of carbonyl (C=O) groups excluding carboxylic acids is 3. The van der Waals surface area contributed by atoms with Crippen molar-refractivity contribution in [2.45, 2.75) is 26.3 Å². The molecule has 0 spiro atoms. The number of nitrogens with one attached hydrogen (secondary N) is 1. The van der Waals surface area contributed by atoms with Crippen LogP contribution in [0.15, 0.2) is 47.8 Å². The summed E-state index contributed by atoms with van der Waals surface area (Å²) in [5, 5.41) is 5.06. The molecule has 0 unspecified atom stereocenters. The topological polar surface area (TPSA) is 97.8 Å². The molecule has 10 heteroatoms. The van der Waals surface area contributed by atoms with Crippen molar-refractivity contribution in [3.63, 3.8) is 0 Å². The van der Waals surface area contributed by atoms with Crippen molar-refractivity contribution < 1.29 is 28.2 Å². The van der Waals surface area contributed by atoms with Gasteiger partial charge in [0, 0.05) is 23.6 Å². The molecular weight excluding hydrogens is 473 g/mol. The first-order valence-electron chi connectivity index (χ1n) is 11.2. The molecule has 0 saturated heterocycles. The summed E-state index contributed by atoms with van der Waals surface area (Å²) in [6.07, 6.45) is 1.86. The number of ether oxygens (including phenoxy) is 2. The molecular formula is C25H24FN3O5S. The van der Waals surface area contributed by atoms with E-state index in [1.807, 2.05) is 6.92 Å². The van der Waals surface area contributed by atoms with Gasteiger partial charge >= 0.3 is 0 Å². The minimum absolute atomic E-state index is 0.138. The van der Waals surface area contributed by atoms with Crippen LogP contribution in [0.5, 0.6) is 11.5 Å². The number of amides is 2. The first-order chi connectivity index (χ1) is 16.9. The van der Waals surface area contributed by atoms with E-state index in [4.69, 9.17) is 9.47 Å². The molecule has 0 fully saturated rings. The lowest BCUT2D eigenvalue weighted by molar-refractivity contribution is -0.121. The van der Waals surface area contributed by atoms with Crippen molar-refractivity contribution in [1.82, 2.24) is 10.3 Å². The molecule has 182 valence electrons. The van der Waals surface area contributed by atoms with E-state index in [1.54, 1.807) is 29.6 Å². The molecule has 0 atom stereocenters. The van der Waals surface area contributed by atoms with Gasteiger partial charge in [0.05, 0.1) is 12.2 Å². The van der Waals surface area contributed by atoms with Gasteiger partial charge in [0.15, 0.2) is 19.0 Å². The molecule has 35 heavy (non-hydrogen) atoms. The van der Waals surface area contributed by atoms with Gasteiger partial charge in [-0.15, -0.1) is 11.3 Å². The molecule has 0 saturated carbocycles. The molecule has 3 aromatic rings. The highest BCUT2D eigenvalue weighted by atomic mass is 32.1. The first-order valence-corrected chi connectivity index (χ1v) is 12.0. The predicted molar refractivity (Wildman–Crippen MR) is 129 cm³/mol. The summed E-state index contributed by atoms with van der Waals surface area (Å²) >= 11 is 1.28. The summed E-state index contributed by atoms with van der Waals surface area (Å²) < 4.78 is 24.3. The van der Waals surface area contributed by atoms with Crippen LogP contribution in [0, 0.1) is 5.82 Å². The third-order valence-corrected chi connectivity index (χ3v) is 6.12. The van der Waals surface area contributed by atoms with E-state index in [1.165, 1.54) is 34.4 Å². The fraction of sp³-hybridized carbons (Fsp3) is 0.280. The number of unbranched alkanes of at least 4 members (excludes halogenated alkanes) is 1. The van der Waals surface area contributed by atoms with Crippen molar-refractivity contribution in [3.05, 3.63) is 69.9 Å². The molecule has 2 aromatic carbocycles. The van der Waals surface area contributed by atoms with Crippen LogP contribution in [0.25, 0.3) is 0 Å². The molecule has 0 bridgehead atoms. The fourth-order valence-corrected chi connectivity index (χ4v) is 4.19. The number of hydrogen-bond donors (Lipinski definition) is 1. The summed E-state index contributed by atoms with van der Waals surface area (Å²) in [7, 11) is 0. The monoisotopic (exact) mass is 497 g/mol. The maximum atomic E-state index is 13.3. The largest absolute Gasteiger partial charge is 0.485 e. The number of Topliss-reactive ketones (excluding diaryl/α,β-unsaturated/α-hetero) is 1. The number of nitrogens with zero attached hydrogens (tertiary/aromatic N) is 2. The first kappa shape index (κ1) is 24.3. The Balaban J connectivity index is 1.47. The Hall–Kier alpha value is -3.79. The van der Waals surface area contributed by atoms with Gasteiger partial charge in [0.2, 0.25) is 0 Å². The molecule has 0 aliphatic carbocycles. The molecule has 4 rings (SSSR count). The number of thiazole rings is 1. The predicted octanol–water partition coefficient (Wildman–Crippen LogP) is 4.00. The molecule has 2 amide bonds. The highest BCUT2D eigenvalue weighted by Gasteiger charge is 2.28. The molecule has 1 aromatic heterocycles. The number of hydrogen-bond acceptors (Lipinski definition) is 7. The van der Waals surface area contributed by atoms with E-state index in [9.17, 15) is 18.8 Å². The average Bonchev–Trinajstić information content (AvgIpc) is 3.33. The molecule has 1 aliphatic heterocycles. The second-order valence-corrected chi connectivity index (χ2v) is 8.80. The summed E-state index contributed by atoms with van der Waals surface area (Å²) in [6.45, 7) is 2.33. The maximum absolute atomic E-state index is 13.3. The average molecular weight is 498 g/mol. The number of benzene rings is 2. The lowest BCUT2D eigenvalue weighted by Crippen LogP contribution is -2.38. The Labute approximate surface area is 205 Å². The smallest absolute Gasteiger partial charge is 0.270 e. The van der Waals surface area contributed by atoms with Crippen molar-refractivity contribution in [2.75, 3.05) is 24.7 Å². The number of rotatable bonds is 10. The van der Waals surface area contributed by atoms with Crippen LogP contribution in [-0.2, 0) is 11.3 Å². The standard InChI is InChI=1S/C25H24FN3O5S/c1-2-3-9-27-25(32)19-15-35-23(28-19)12-29-20-10-16(7-8-22(20)34-14-24(29)31)21(30)13-33-18-6-4-5-17(26)11-18/h4-8,10-11,15H,2-3,9,12-14H2,1H3,(H,27,32). The van der Waals surface area contributed by atoms with Gasteiger partial charge in [-0.1, -0.05) is 19.4 Å². The van der Waals surface area contributed by atoms with Crippen LogP contribution >= 0.6 is 11.3 Å². The minimum atomic E-state index is -0.459. The van der Waals surface area contributed by atoms with Crippen molar-refractivity contribution in [2.24, 2.45) is 0 Å². The molecule has 2 heterocycles. The summed E-state index contributed by atoms with van der Waals surface area (Å²) in [5.41, 5.74) is 1.06. The van der Waals surface area contributed by atoms with Crippen LogP contribution in [0.3, 0.4) is 0 Å². The van der Waals surface area contributed by atoms with Crippen molar-refractivity contribution in [3.8, 4) is 11.5 Å². The molecule has 1 aliphatic rings. The Morgan fingerprint density at radius 3 is 2.91 bits per heavy atom. The summed E-state index contributed by atoms with van der Waals surface area (Å²) in [6, 6.07) is 10.3. The van der Waals surface area contributed by atoms with Gasteiger partial charge in [-0.05, 0) is 36.8 Å². The van der Waals surface area contributed by atoms with Crippen molar-refractivity contribution in [1.29, 1.82) is 0 Å². The van der Waals surface area contributed by atoms with Crippen LogP contribution in [-0.4, -0.2) is 42.3 Å². The summed E-state index contributed by atoms with van der Waals surface area (Å²) in [5.74, 6) is -0.631. The van der Waals surface area contributed by atoms with E-state index in [-0.39, 0.29) is 43.1 Å². The number of ketones is 1. The Kier molecular flexibility index (Phi) is 7.71. The fourth-order valence-electron chi connectivity index (χ4n) is 3.43. The second-order valence-electron chi connectivity index (χ2n) is 7.86. The van der Waals surface area contributed by atoms with Gasteiger partial charge in [-0.3, -0.25) is 19.3 Å². The Morgan fingerprint density at radius 1 is 1.26 bits per heavy atom. The lowest BCUT2D eigenvalue weighted by atomic mass is 10.1. The molecule has 0 radical (unpaired) electrons. The van der Waals surface area contributed by atoms with E-state index >= 15 is 0 Å². The van der Waals surface area contributed by atoms with Gasteiger partial charge in [0.1, 0.15) is 28.0 Å². The third kappa shape index (κ3) is 6.02. The Morgan fingerprint density at radius 2 is 2.11 bits per heavy atom. The zero-order chi connectivity index (χ0) is 24.8. The SMILES string of the molecule is CCCCNC(=O)c1csc(CN2C(=O)COc3ccc(C(=O)COc4cccc(F)c4)cc32)n1. The quantitative estimate of drug-likeness (QED) is 0.336. The van der Waals surface area contributed by atoms with Crippen molar-refractivity contribution >= 4 is 34.6 Å². The number of aromatic nitrogens is 1. The zero-order valence-electron chi connectivity index (χ0n) is 19.1. The Bertz CT molecular complexity index is 1250. The number of fused-ring (bicyclic) bond motifs is 1. The highest BCUT2D eigenvalue weighted by molar-refractivity contribution is 7.09. The van der Waals surface area contributed by atoms with Crippen LogP contribution in [0.4, 0.5) is 10.1 Å². The minimum Gasteiger partial charge on any atom is -0.485 e. The summed E-state index contributed by atoms with van der Waals surface area (Å²) in [4.78, 5) is 43.5. The van der Waals surface area contributed by atoms with E-state index in [0.717, 1.165) is 12.8 Å². The number of halogens is 1. The lowest BCUT2D eigenvalue weighted by Gasteiger charge is -2.29. The van der Waals surface area contributed by atoms with Crippen LogP contribution in [0.1, 0.15) is 45.6 Å². The van der Waals surface area contributed by atoms with Gasteiger partial charge < -0.3 is 14.8 Å². The number of anilines is 1. The molecule has 8 nitrogen and oxygen atoms in total. The van der Waals surface area contributed by atoms with E-state index in [0.29, 0.717) is 34.2 Å². The third-order valence-electron chi connectivity index (χ3n) is 5.28. The van der Waals surface area contributed by atoms with Gasteiger partial charge in [-0.2, -0.15) is 0 Å². The number of carbonyl (C=O) groups is 3.